The van der Waals surface area contributed by atoms with Crippen molar-refractivity contribution in [1.29, 1.82) is 0 Å². The van der Waals surface area contributed by atoms with Crippen LogP contribution in [0.25, 0.3) is 0 Å². The first-order valence-corrected chi connectivity index (χ1v) is 6.30. The van der Waals surface area contributed by atoms with Crippen LogP contribution in [-0.4, -0.2) is 30.7 Å². The van der Waals surface area contributed by atoms with Crippen LogP contribution in [0.15, 0.2) is 23.1 Å². The second kappa shape index (κ2) is 4.50. The van der Waals surface area contributed by atoms with Crippen LogP contribution in [0.2, 0.25) is 0 Å². The Morgan fingerprint density at radius 3 is 2.47 bits per heavy atom. The lowest BCUT2D eigenvalue weighted by molar-refractivity contribution is -0.385. The number of nitro groups is 1. The molecule has 0 heterocycles. The molecule has 0 radical (unpaired) electrons. The van der Waals surface area contributed by atoms with Gasteiger partial charge < -0.3 is 5.11 Å². The monoisotopic (exact) mass is 259 g/mol. The van der Waals surface area contributed by atoms with E-state index < -0.39 is 32.8 Å². The second-order valence-electron chi connectivity index (χ2n) is 3.39. The van der Waals surface area contributed by atoms with E-state index in [-0.39, 0.29) is 10.5 Å². The molecule has 0 saturated carbocycles. The van der Waals surface area contributed by atoms with Crippen LogP contribution in [0, 0.1) is 10.1 Å². The summed E-state index contributed by atoms with van der Waals surface area (Å²) in [5.74, 6) is -1.22. The van der Waals surface area contributed by atoms with Gasteiger partial charge >= 0.3 is 5.97 Å². The largest absolute Gasteiger partial charge is 0.481 e. The van der Waals surface area contributed by atoms with Crippen molar-refractivity contribution in [2.24, 2.45) is 0 Å². The summed E-state index contributed by atoms with van der Waals surface area (Å²) in [6, 6.07) is 3.16. The Balaban J connectivity index is 3.37. The minimum Gasteiger partial charge on any atom is -0.481 e. The average molecular weight is 259 g/mol. The first-order chi connectivity index (χ1) is 7.71. The van der Waals surface area contributed by atoms with Gasteiger partial charge in [0.15, 0.2) is 9.84 Å². The summed E-state index contributed by atoms with van der Waals surface area (Å²) >= 11 is 0. The van der Waals surface area contributed by atoms with Gasteiger partial charge in [-0.3, -0.25) is 14.9 Å². The first-order valence-electron chi connectivity index (χ1n) is 4.41. The van der Waals surface area contributed by atoms with Gasteiger partial charge in [0.2, 0.25) is 0 Å². The van der Waals surface area contributed by atoms with Crippen molar-refractivity contribution in [3.63, 3.8) is 0 Å². The minimum absolute atomic E-state index is 0.0325. The molecule has 0 saturated heterocycles. The zero-order valence-corrected chi connectivity index (χ0v) is 9.60. The standard InChI is InChI=1S/C9H9NO6S/c1-17(15,16)7-3-2-6(4-9(11)12)8(5-7)10(13)14/h2-3,5H,4H2,1H3,(H,11,12). The molecule has 0 unspecified atom stereocenters. The third-order valence-corrected chi connectivity index (χ3v) is 3.13. The molecule has 0 aliphatic heterocycles. The smallest absolute Gasteiger partial charge is 0.308 e. The number of carboxylic acid groups (broad SMARTS) is 1. The molecule has 0 bridgehead atoms. The van der Waals surface area contributed by atoms with Gasteiger partial charge in [-0.25, -0.2) is 8.42 Å². The van der Waals surface area contributed by atoms with Crippen molar-refractivity contribution < 1.29 is 23.2 Å². The Morgan fingerprint density at radius 1 is 1.47 bits per heavy atom. The molecule has 0 spiro atoms. The molecule has 92 valence electrons. The Morgan fingerprint density at radius 2 is 2.06 bits per heavy atom. The van der Waals surface area contributed by atoms with E-state index >= 15 is 0 Å². The van der Waals surface area contributed by atoms with Crippen LogP contribution < -0.4 is 0 Å². The maximum Gasteiger partial charge on any atom is 0.308 e. The van der Waals surface area contributed by atoms with Gasteiger partial charge in [0, 0.05) is 17.9 Å². The normalized spacial score (nSPS) is 11.1. The third-order valence-electron chi connectivity index (χ3n) is 2.02. The molecule has 1 N–H and O–H groups in total. The fourth-order valence-electron chi connectivity index (χ4n) is 1.26. The van der Waals surface area contributed by atoms with Crippen LogP contribution in [0.4, 0.5) is 5.69 Å². The van der Waals surface area contributed by atoms with Crippen molar-refractivity contribution in [1.82, 2.24) is 0 Å². The van der Waals surface area contributed by atoms with E-state index in [2.05, 4.69) is 0 Å². The highest BCUT2D eigenvalue weighted by molar-refractivity contribution is 7.90. The quantitative estimate of drug-likeness (QED) is 0.626. The molecular weight excluding hydrogens is 250 g/mol. The Hall–Kier alpha value is -1.96. The van der Waals surface area contributed by atoms with E-state index in [4.69, 9.17) is 5.11 Å². The van der Waals surface area contributed by atoms with Gasteiger partial charge in [-0.2, -0.15) is 0 Å². The summed E-state index contributed by atoms with van der Waals surface area (Å²) in [5.41, 5.74) is -0.537. The molecule has 0 fully saturated rings. The van der Waals surface area contributed by atoms with Crippen LogP contribution >= 0.6 is 0 Å². The molecule has 0 atom stereocenters. The summed E-state index contributed by atoms with van der Waals surface area (Å²) in [6.45, 7) is 0. The Bertz CT molecular complexity index is 577. The first kappa shape index (κ1) is 13.1. The molecule has 7 nitrogen and oxygen atoms in total. The van der Waals surface area contributed by atoms with Crippen LogP contribution in [0.5, 0.6) is 0 Å². The van der Waals surface area contributed by atoms with E-state index in [0.717, 1.165) is 24.5 Å². The Kier molecular flexibility index (Phi) is 3.47. The van der Waals surface area contributed by atoms with Crippen molar-refractivity contribution in [3.8, 4) is 0 Å². The van der Waals surface area contributed by atoms with Crippen molar-refractivity contribution in [2.75, 3.05) is 6.26 Å². The van der Waals surface area contributed by atoms with E-state index in [1.807, 2.05) is 0 Å². The molecular formula is C9H9NO6S. The maximum atomic E-state index is 11.2. The van der Waals surface area contributed by atoms with Crippen LogP contribution in [-0.2, 0) is 21.1 Å². The number of aliphatic carboxylic acids is 1. The molecule has 1 aromatic carbocycles. The molecule has 0 amide bonds. The van der Waals surface area contributed by atoms with Crippen molar-refractivity contribution >= 4 is 21.5 Å². The third kappa shape index (κ3) is 3.25. The fraction of sp³-hybridized carbons (Fsp3) is 0.222. The van der Waals surface area contributed by atoms with Gasteiger partial charge in [-0.05, 0) is 6.07 Å². The zero-order chi connectivity index (χ0) is 13.2. The highest BCUT2D eigenvalue weighted by Crippen LogP contribution is 2.23. The minimum atomic E-state index is -3.56. The molecule has 1 rings (SSSR count). The number of carboxylic acids is 1. The van der Waals surface area contributed by atoms with E-state index in [9.17, 15) is 23.3 Å². The van der Waals surface area contributed by atoms with E-state index in [1.54, 1.807) is 0 Å². The lowest BCUT2D eigenvalue weighted by Crippen LogP contribution is -2.05. The topological polar surface area (TPSA) is 115 Å². The predicted molar refractivity (Wildman–Crippen MR) is 57.5 cm³/mol. The fourth-order valence-corrected chi connectivity index (χ4v) is 1.90. The summed E-state index contributed by atoms with van der Waals surface area (Å²) in [5, 5.41) is 19.3. The van der Waals surface area contributed by atoms with Gasteiger partial charge in [-0.15, -0.1) is 0 Å². The lowest BCUT2D eigenvalue weighted by Gasteiger charge is -2.02. The molecule has 0 aromatic heterocycles. The van der Waals surface area contributed by atoms with Gasteiger partial charge in [0.1, 0.15) is 0 Å². The summed E-state index contributed by atoms with van der Waals surface area (Å²) in [4.78, 5) is 20.2. The summed E-state index contributed by atoms with van der Waals surface area (Å²) in [6.07, 6.45) is 0.392. The number of rotatable bonds is 4. The van der Waals surface area contributed by atoms with Crippen LogP contribution in [0.1, 0.15) is 5.56 Å². The van der Waals surface area contributed by atoms with Crippen LogP contribution in [0.3, 0.4) is 0 Å². The summed E-state index contributed by atoms with van der Waals surface area (Å²) < 4.78 is 22.4. The SMILES string of the molecule is CS(=O)(=O)c1ccc(CC(=O)O)c([N+](=O)[O-])c1. The predicted octanol–water partition coefficient (Wildman–Crippen LogP) is 0.625. The molecule has 0 aliphatic carbocycles. The van der Waals surface area contributed by atoms with Gasteiger partial charge in [-0.1, -0.05) is 6.07 Å². The van der Waals surface area contributed by atoms with Crippen molar-refractivity contribution in [3.05, 3.63) is 33.9 Å². The van der Waals surface area contributed by atoms with Gasteiger partial charge in [0.05, 0.1) is 16.2 Å². The number of benzene rings is 1. The zero-order valence-electron chi connectivity index (χ0n) is 8.78. The number of carbonyl (C=O) groups is 1. The number of nitrogens with zero attached hydrogens (tertiary/aromatic N) is 1. The highest BCUT2D eigenvalue weighted by Gasteiger charge is 2.19. The number of sulfone groups is 1. The maximum absolute atomic E-state index is 11.2. The number of hydrogen-bond donors (Lipinski definition) is 1. The molecule has 8 heteroatoms. The number of hydrogen-bond acceptors (Lipinski definition) is 5. The molecule has 17 heavy (non-hydrogen) atoms. The highest BCUT2D eigenvalue weighted by atomic mass is 32.2. The van der Waals surface area contributed by atoms with E-state index in [0.29, 0.717) is 0 Å². The van der Waals surface area contributed by atoms with Crippen molar-refractivity contribution in [2.45, 2.75) is 11.3 Å². The average Bonchev–Trinajstić information content (AvgIpc) is 2.15. The summed E-state index contributed by atoms with van der Waals surface area (Å²) in [7, 11) is -3.56. The Labute approximate surface area is 96.8 Å². The number of nitro benzene ring substituents is 1. The molecule has 1 aromatic rings. The lowest BCUT2D eigenvalue weighted by atomic mass is 10.1. The van der Waals surface area contributed by atoms with Gasteiger partial charge in [0.25, 0.3) is 5.69 Å². The van der Waals surface area contributed by atoms with E-state index in [1.165, 1.54) is 0 Å². The molecule has 0 aliphatic rings. The second-order valence-corrected chi connectivity index (χ2v) is 5.41.